The van der Waals surface area contributed by atoms with E-state index in [1.165, 1.54) is 11.8 Å². The number of carbonyl (C=O) groups is 2. The van der Waals surface area contributed by atoms with Gasteiger partial charge in [-0.25, -0.2) is 4.79 Å². The van der Waals surface area contributed by atoms with Gasteiger partial charge in [0, 0.05) is 22.1 Å². The van der Waals surface area contributed by atoms with Gasteiger partial charge in [0.2, 0.25) is 5.91 Å². The zero-order valence-corrected chi connectivity index (χ0v) is 13.1. The molecule has 0 aromatic heterocycles. The van der Waals surface area contributed by atoms with Crippen LogP contribution in [0, 0.1) is 0 Å². The second-order valence-corrected chi connectivity index (χ2v) is 5.98. The molecule has 0 spiro atoms. The lowest BCUT2D eigenvalue weighted by Gasteiger charge is -2.13. The smallest absolute Gasteiger partial charge is 0.326 e. The van der Waals surface area contributed by atoms with E-state index < -0.39 is 12.0 Å². The van der Waals surface area contributed by atoms with E-state index in [0.717, 1.165) is 4.90 Å². The fraction of sp³-hybridized carbons (Fsp3) is 0.333. The molecule has 0 radical (unpaired) electrons. The molecule has 114 valence electrons. The maximum absolute atomic E-state index is 11.7. The van der Waals surface area contributed by atoms with E-state index in [1.807, 2.05) is 12.1 Å². The first-order chi connectivity index (χ1) is 10.0. The molecule has 0 fully saturated rings. The molecule has 0 saturated heterocycles. The summed E-state index contributed by atoms with van der Waals surface area (Å²) >= 11 is 7.32. The van der Waals surface area contributed by atoms with Gasteiger partial charge in [-0.15, -0.1) is 18.3 Å². The summed E-state index contributed by atoms with van der Waals surface area (Å²) < 4.78 is 0. The van der Waals surface area contributed by atoms with Crippen molar-refractivity contribution in [3.8, 4) is 0 Å². The van der Waals surface area contributed by atoms with Crippen LogP contribution in [0.5, 0.6) is 0 Å². The number of carbonyl (C=O) groups excluding carboxylic acids is 1. The van der Waals surface area contributed by atoms with Crippen LogP contribution < -0.4 is 5.32 Å². The predicted octanol–water partition coefficient (Wildman–Crippen LogP) is 3.36. The molecule has 6 heteroatoms. The highest BCUT2D eigenvalue weighted by Gasteiger charge is 2.18. The number of rotatable bonds is 9. The molecular formula is C15H18ClNO3S. The molecule has 0 aliphatic heterocycles. The fourth-order valence-corrected chi connectivity index (χ4v) is 2.58. The Balaban J connectivity index is 2.33. The molecule has 0 saturated carbocycles. The molecule has 1 aromatic rings. The van der Waals surface area contributed by atoms with Crippen LogP contribution in [0.2, 0.25) is 5.02 Å². The lowest BCUT2D eigenvalue weighted by atomic mass is 10.1. The third-order valence-electron chi connectivity index (χ3n) is 2.70. The van der Waals surface area contributed by atoms with Crippen LogP contribution in [0.25, 0.3) is 0 Å². The lowest BCUT2D eigenvalue weighted by molar-refractivity contribution is -0.141. The first-order valence-electron chi connectivity index (χ1n) is 6.54. The molecule has 0 aliphatic carbocycles. The van der Waals surface area contributed by atoms with E-state index >= 15 is 0 Å². The van der Waals surface area contributed by atoms with Gasteiger partial charge in [-0.1, -0.05) is 17.7 Å². The summed E-state index contributed by atoms with van der Waals surface area (Å²) in [7, 11) is 0. The Kier molecular flexibility index (Phi) is 7.93. The summed E-state index contributed by atoms with van der Waals surface area (Å²) in [5, 5.41) is 12.2. The van der Waals surface area contributed by atoms with Gasteiger partial charge >= 0.3 is 5.97 Å². The van der Waals surface area contributed by atoms with Crippen LogP contribution in [0.3, 0.4) is 0 Å². The minimum absolute atomic E-state index is 0.257. The first-order valence-corrected chi connectivity index (χ1v) is 7.90. The summed E-state index contributed by atoms with van der Waals surface area (Å²) in [5.41, 5.74) is 0. The highest BCUT2D eigenvalue weighted by molar-refractivity contribution is 7.99. The number of allylic oxidation sites excluding steroid dienone is 1. The number of thioether (sulfide) groups is 1. The van der Waals surface area contributed by atoms with Gasteiger partial charge in [0.05, 0.1) is 0 Å². The van der Waals surface area contributed by atoms with Crippen molar-refractivity contribution in [3.63, 3.8) is 0 Å². The Labute approximate surface area is 133 Å². The zero-order chi connectivity index (χ0) is 15.7. The Morgan fingerprint density at radius 2 is 2.05 bits per heavy atom. The number of hydrogen-bond acceptors (Lipinski definition) is 3. The van der Waals surface area contributed by atoms with Crippen LogP contribution in [0.1, 0.15) is 19.3 Å². The molecule has 0 heterocycles. The van der Waals surface area contributed by atoms with Crippen LogP contribution in [0.15, 0.2) is 41.8 Å². The maximum Gasteiger partial charge on any atom is 0.326 e. The van der Waals surface area contributed by atoms with E-state index in [1.54, 1.807) is 18.2 Å². The molecule has 4 nitrogen and oxygen atoms in total. The maximum atomic E-state index is 11.7. The minimum atomic E-state index is -1.02. The fourth-order valence-electron chi connectivity index (χ4n) is 1.60. The third kappa shape index (κ3) is 7.20. The molecule has 0 aliphatic rings. The van der Waals surface area contributed by atoms with Crippen molar-refractivity contribution in [2.45, 2.75) is 30.2 Å². The molecule has 1 atom stereocenters. The number of benzene rings is 1. The second kappa shape index (κ2) is 9.47. The Morgan fingerprint density at radius 1 is 1.38 bits per heavy atom. The summed E-state index contributed by atoms with van der Waals surface area (Å²) in [4.78, 5) is 23.8. The van der Waals surface area contributed by atoms with E-state index in [-0.39, 0.29) is 12.3 Å². The van der Waals surface area contributed by atoms with Crippen molar-refractivity contribution in [3.05, 3.63) is 41.9 Å². The van der Waals surface area contributed by atoms with Crippen molar-refractivity contribution in [1.29, 1.82) is 0 Å². The molecule has 2 N–H and O–H groups in total. The number of nitrogens with one attached hydrogen (secondary N) is 1. The molecule has 21 heavy (non-hydrogen) atoms. The number of carboxylic acid groups (broad SMARTS) is 1. The average Bonchev–Trinajstić information content (AvgIpc) is 2.45. The quantitative estimate of drug-likeness (QED) is 0.539. The van der Waals surface area contributed by atoms with Crippen molar-refractivity contribution < 1.29 is 14.7 Å². The predicted molar refractivity (Wildman–Crippen MR) is 85.8 cm³/mol. The van der Waals surface area contributed by atoms with Gasteiger partial charge in [0.1, 0.15) is 6.04 Å². The number of hydrogen-bond donors (Lipinski definition) is 2. The molecule has 1 aromatic carbocycles. The Hall–Kier alpha value is -1.46. The van der Waals surface area contributed by atoms with Crippen molar-refractivity contribution in [1.82, 2.24) is 5.32 Å². The lowest BCUT2D eigenvalue weighted by Crippen LogP contribution is -2.40. The third-order valence-corrected chi connectivity index (χ3v) is 3.97. The van der Waals surface area contributed by atoms with Gasteiger partial charge in [-0.2, -0.15) is 0 Å². The highest BCUT2D eigenvalue weighted by atomic mass is 35.5. The van der Waals surface area contributed by atoms with Crippen LogP contribution in [-0.4, -0.2) is 28.8 Å². The Morgan fingerprint density at radius 3 is 2.62 bits per heavy atom. The van der Waals surface area contributed by atoms with Crippen molar-refractivity contribution in [2.75, 3.05) is 5.75 Å². The number of halogens is 1. The summed E-state index contributed by atoms with van der Waals surface area (Å²) in [6.07, 6.45) is 2.81. The Bertz CT molecular complexity index is 490. The zero-order valence-electron chi connectivity index (χ0n) is 11.5. The van der Waals surface area contributed by atoms with Crippen molar-refractivity contribution in [2.24, 2.45) is 0 Å². The number of amides is 1. The first kappa shape index (κ1) is 17.6. The van der Waals surface area contributed by atoms with Gasteiger partial charge in [0.25, 0.3) is 0 Å². The van der Waals surface area contributed by atoms with Gasteiger partial charge in [-0.05, 0) is 37.1 Å². The summed E-state index contributed by atoms with van der Waals surface area (Å²) in [6, 6.07) is 6.50. The number of carboxylic acids is 1. The summed E-state index contributed by atoms with van der Waals surface area (Å²) in [5.74, 6) is -0.690. The standard InChI is InChI=1S/C15H18ClNO3S/c1-2-3-4-13(15(19)20)17-14(18)9-10-21-12-7-5-11(16)6-8-12/h2,5-8,13H,1,3-4,9-10H2,(H,17,18)(H,19,20). The minimum Gasteiger partial charge on any atom is -0.480 e. The average molecular weight is 328 g/mol. The van der Waals surface area contributed by atoms with Crippen LogP contribution in [-0.2, 0) is 9.59 Å². The molecule has 1 amide bonds. The van der Waals surface area contributed by atoms with Gasteiger partial charge < -0.3 is 10.4 Å². The second-order valence-electron chi connectivity index (χ2n) is 4.38. The largest absolute Gasteiger partial charge is 0.480 e. The van der Waals surface area contributed by atoms with Crippen molar-refractivity contribution >= 4 is 35.2 Å². The molecular weight excluding hydrogens is 310 g/mol. The van der Waals surface area contributed by atoms with Gasteiger partial charge in [-0.3, -0.25) is 4.79 Å². The van der Waals surface area contributed by atoms with E-state index in [4.69, 9.17) is 16.7 Å². The molecule has 1 rings (SSSR count). The normalized spacial score (nSPS) is 11.7. The topological polar surface area (TPSA) is 66.4 Å². The molecule has 1 unspecified atom stereocenters. The molecule has 0 bridgehead atoms. The monoisotopic (exact) mass is 327 g/mol. The SMILES string of the molecule is C=CCCC(NC(=O)CCSc1ccc(Cl)cc1)C(=O)O. The van der Waals surface area contributed by atoms with E-state index in [0.29, 0.717) is 23.6 Å². The summed E-state index contributed by atoms with van der Waals surface area (Å²) in [6.45, 7) is 3.54. The van der Waals surface area contributed by atoms with E-state index in [2.05, 4.69) is 11.9 Å². The van der Waals surface area contributed by atoms with Crippen LogP contribution >= 0.6 is 23.4 Å². The number of aliphatic carboxylic acids is 1. The van der Waals surface area contributed by atoms with E-state index in [9.17, 15) is 9.59 Å². The van der Waals surface area contributed by atoms with Gasteiger partial charge in [0.15, 0.2) is 0 Å². The highest BCUT2D eigenvalue weighted by Crippen LogP contribution is 2.20. The van der Waals surface area contributed by atoms with Crippen LogP contribution in [0.4, 0.5) is 0 Å².